The van der Waals surface area contributed by atoms with Crippen LogP contribution in [-0.4, -0.2) is 61.9 Å². The van der Waals surface area contributed by atoms with E-state index in [0.717, 1.165) is 39.1 Å². The largest absolute Gasteiger partial charge is 0.381 e. The number of carbonyl (C=O) groups is 1. The van der Waals surface area contributed by atoms with Crippen molar-refractivity contribution < 1.29 is 14.3 Å². The van der Waals surface area contributed by atoms with Crippen molar-refractivity contribution in [1.29, 1.82) is 0 Å². The quantitative estimate of drug-likeness (QED) is 0.820. The SMILES string of the molecule is C[C@@H]1CN(C(=O)CCOC2CCOCC2)C[C@@H](C)N1. The molecule has 19 heavy (non-hydrogen) atoms. The second kappa shape index (κ2) is 7.22. The summed E-state index contributed by atoms with van der Waals surface area (Å²) in [7, 11) is 0. The molecule has 0 aromatic heterocycles. The maximum Gasteiger partial charge on any atom is 0.224 e. The molecule has 0 radical (unpaired) electrons. The fraction of sp³-hybridized carbons (Fsp3) is 0.929. The number of hydrogen-bond acceptors (Lipinski definition) is 4. The zero-order valence-electron chi connectivity index (χ0n) is 12.1. The van der Waals surface area contributed by atoms with Gasteiger partial charge in [-0.3, -0.25) is 4.79 Å². The molecule has 0 aromatic carbocycles. The summed E-state index contributed by atoms with van der Waals surface area (Å²) in [6, 6.07) is 0.758. The lowest BCUT2D eigenvalue weighted by Gasteiger charge is -2.36. The summed E-state index contributed by atoms with van der Waals surface area (Å²) < 4.78 is 11.0. The summed E-state index contributed by atoms with van der Waals surface area (Å²) in [5.41, 5.74) is 0. The predicted octanol–water partition coefficient (Wildman–Crippen LogP) is 0.781. The smallest absolute Gasteiger partial charge is 0.224 e. The normalized spacial score (nSPS) is 29.5. The predicted molar refractivity (Wildman–Crippen MR) is 73.0 cm³/mol. The third-order valence-electron chi connectivity index (χ3n) is 3.75. The highest BCUT2D eigenvalue weighted by molar-refractivity contribution is 5.76. The zero-order valence-corrected chi connectivity index (χ0v) is 12.1. The van der Waals surface area contributed by atoms with E-state index in [0.29, 0.717) is 25.1 Å². The lowest BCUT2D eigenvalue weighted by atomic mass is 10.1. The van der Waals surface area contributed by atoms with Crippen LogP contribution in [-0.2, 0) is 14.3 Å². The number of nitrogens with one attached hydrogen (secondary N) is 1. The van der Waals surface area contributed by atoms with E-state index in [1.807, 2.05) is 4.90 Å². The number of carbonyl (C=O) groups excluding carboxylic acids is 1. The number of ether oxygens (including phenoxy) is 2. The topological polar surface area (TPSA) is 50.8 Å². The Bertz CT molecular complexity index is 282. The van der Waals surface area contributed by atoms with Crippen LogP contribution in [0.1, 0.15) is 33.1 Å². The van der Waals surface area contributed by atoms with Crippen molar-refractivity contribution in [2.75, 3.05) is 32.9 Å². The number of rotatable bonds is 4. The molecule has 2 rings (SSSR count). The van der Waals surface area contributed by atoms with Gasteiger partial charge in [0, 0.05) is 38.4 Å². The summed E-state index contributed by atoms with van der Waals surface area (Å²) in [5.74, 6) is 0.215. The Labute approximate surface area is 115 Å². The van der Waals surface area contributed by atoms with Crippen LogP contribution in [0.3, 0.4) is 0 Å². The Morgan fingerprint density at radius 2 is 1.89 bits per heavy atom. The van der Waals surface area contributed by atoms with E-state index in [2.05, 4.69) is 19.2 Å². The second-order valence-corrected chi connectivity index (χ2v) is 5.70. The van der Waals surface area contributed by atoms with Gasteiger partial charge in [0.05, 0.1) is 19.1 Å². The molecule has 2 saturated heterocycles. The summed E-state index contributed by atoms with van der Waals surface area (Å²) in [5, 5.41) is 3.43. The van der Waals surface area contributed by atoms with Crippen LogP contribution in [0.2, 0.25) is 0 Å². The van der Waals surface area contributed by atoms with Gasteiger partial charge in [-0.2, -0.15) is 0 Å². The van der Waals surface area contributed by atoms with E-state index < -0.39 is 0 Å². The van der Waals surface area contributed by atoms with Crippen molar-refractivity contribution in [3.63, 3.8) is 0 Å². The first-order chi connectivity index (χ1) is 9.15. The van der Waals surface area contributed by atoms with Crippen molar-refractivity contribution >= 4 is 5.91 Å². The minimum atomic E-state index is 0.215. The number of hydrogen-bond donors (Lipinski definition) is 1. The zero-order chi connectivity index (χ0) is 13.7. The standard InChI is InChI=1S/C14H26N2O3/c1-11-9-16(10-12(2)15-11)14(17)5-8-19-13-3-6-18-7-4-13/h11-13,15H,3-10H2,1-2H3/t11-,12-/m1/s1. The molecule has 1 N–H and O–H groups in total. The van der Waals surface area contributed by atoms with E-state index in [-0.39, 0.29) is 12.0 Å². The molecule has 0 bridgehead atoms. The van der Waals surface area contributed by atoms with Crippen molar-refractivity contribution in [3.05, 3.63) is 0 Å². The van der Waals surface area contributed by atoms with Crippen LogP contribution < -0.4 is 5.32 Å². The van der Waals surface area contributed by atoms with Crippen molar-refractivity contribution in [2.45, 2.75) is 51.3 Å². The van der Waals surface area contributed by atoms with Crippen molar-refractivity contribution in [3.8, 4) is 0 Å². The fourth-order valence-corrected chi connectivity index (χ4v) is 2.84. The number of piperazine rings is 1. The first-order valence-electron chi connectivity index (χ1n) is 7.38. The summed E-state index contributed by atoms with van der Waals surface area (Å²) in [6.07, 6.45) is 2.69. The molecule has 2 aliphatic heterocycles. The lowest BCUT2D eigenvalue weighted by Crippen LogP contribution is -2.56. The molecule has 2 fully saturated rings. The van der Waals surface area contributed by atoms with Gasteiger partial charge < -0.3 is 19.7 Å². The first kappa shape index (κ1) is 14.8. The lowest BCUT2D eigenvalue weighted by molar-refractivity contribution is -0.135. The fourth-order valence-electron chi connectivity index (χ4n) is 2.84. The minimum Gasteiger partial charge on any atom is -0.381 e. The van der Waals surface area contributed by atoms with Gasteiger partial charge in [-0.05, 0) is 26.7 Å². The van der Waals surface area contributed by atoms with Crippen LogP contribution in [0.25, 0.3) is 0 Å². The van der Waals surface area contributed by atoms with Gasteiger partial charge in [-0.15, -0.1) is 0 Å². The van der Waals surface area contributed by atoms with Crippen LogP contribution in [0.15, 0.2) is 0 Å². The molecule has 0 aromatic rings. The highest BCUT2D eigenvalue weighted by Crippen LogP contribution is 2.11. The average Bonchev–Trinajstić information content (AvgIpc) is 2.38. The Morgan fingerprint density at radius 1 is 1.26 bits per heavy atom. The van der Waals surface area contributed by atoms with E-state index in [9.17, 15) is 4.79 Å². The molecule has 5 heteroatoms. The van der Waals surface area contributed by atoms with Gasteiger partial charge in [0.2, 0.25) is 5.91 Å². The molecule has 0 aliphatic carbocycles. The highest BCUT2D eigenvalue weighted by Gasteiger charge is 2.24. The summed E-state index contributed by atoms with van der Waals surface area (Å²) >= 11 is 0. The Morgan fingerprint density at radius 3 is 2.53 bits per heavy atom. The van der Waals surface area contributed by atoms with Gasteiger partial charge in [0.25, 0.3) is 0 Å². The molecule has 0 spiro atoms. The Balaban J connectivity index is 1.65. The van der Waals surface area contributed by atoms with E-state index in [1.165, 1.54) is 0 Å². The maximum atomic E-state index is 12.1. The summed E-state index contributed by atoms with van der Waals surface area (Å²) in [6.45, 7) is 7.96. The molecule has 0 unspecified atom stereocenters. The molecule has 2 aliphatic rings. The first-order valence-corrected chi connectivity index (χ1v) is 7.38. The highest BCUT2D eigenvalue weighted by atomic mass is 16.5. The molecule has 0 saturated carbocycles. The van der Waals surface area contributed by atoms with Crippen LogP contribution in [0.4, 0.5) is 0 Å². The third-order valence-corrected chi connectivity index (χ3v) is 3.75. The van der Waals surface area contributed by atoms with Gasteiger partial charge >= 0.3 is 0 Å². The molecule has 1 amide bonds. The average molecular weight is 270 g/mol. The van der Waals surface area contributed by atoms with Crippen molar-refractivity contribution in [2.24, 2.45) is 0 Å². The van der Waals surface area contributed by atoms with Crippen molar-refractivity contribution in [1.82, 2.24) is 10.2 Å². The van der Waals surface area contributed by atoms with Gasteiger partial charge in [-0.1, -0.05) is 0 Å². The minimum absolute atomic E-state index is 0.215. The van der Waals surface area contributed by atoms with E-state index in [1.54, 1.807) is 0 Å². The second-order valence-electron chi connectivity index (χ2n) is 5.70. The van der Waals surface area contributed by atoms with Gasteiger partial charge in [0.15, 0.2) is 0 Å². The van der Waals surface area contributed by atoms with E-state index >= 15 is 0 Å². The van der Waals surface area contributed by atoms with Gasteiger partial charge in [-0.25, -0.2) is 0 Å². The molecule has 110 valence electrons. The Kier molecular flexibility index (Phi) is 5.60. The molecule has 5 nitrogen and oxygen atoms in total. The van der Waals surface area contributed by atoms with Crippen LogP contribution >= 0.6 is 0 Å². The van der Waals surface area contributed by atoms with E-state index in [4.69, 9.17) is 9.47 Å². The maximum absolute atomic E-state index is 12.1. The number of amides is 1. The molecular weight excluding hydrogens is 244 g/mol. The monoisotopic (exact) mass is 270 g/mol. The summed E-state index contributed by atoms with van der Waals surface area (Å²) in [4.78, 5) is 14.1. The molecule has 2 heterocycles. The third kappa shape index (κ3) is 4.75. The molecule has 2 atom stereocenters. The van der Waals surface area contributed by atoms with Gasteiger partial charge in [0.1, 0.15) is 0 Å². The Hall–Kier alpha value is -0.650. The van der Waals surface area contributed by atoms with Crippen LogP contribution in [0, 0.1) is 0 Å². The van der Waals surface area contributed by atoms with Crippen LogP contribution in [0.5, 0.6) is 0 Å². The number of nitrogens with zero attached hydrogens (tertiary/aromatic N) is 1. The molecular formula is C14H26N2O3.